The summed E-state index contributed by atoms with van der Waals surface area (Å²) in [6, 6.07) is 7.70. The number of hydrogen-bond acceptors (Lipinski definition) is 3. The van der Waals surface area contributed by atoms with Gasteiger partial charge >= 0.3 is 0 Å². The standard InChI is InChI=1S/C20H21ClN2O2S/c21-17-7-2-1-4-15(17)12-23-8-9-26-20(23)22-19(25)16-10-13-5-3-6-14(11-16)18(13)24/h1-2,4,7-9,13-14,16H,3,5-6,10-12H2. The fraction of sp³-hybridized carbons (Fsp3) is 0.450. The van der Waals surface area contributed by atoms with E-state index in [1.807, 2.05) is 40.4 Å². The number of Topliss-reactive ketones (excluding diaryl/α,β-unsaturated/α-hetero) is 1. The number of halogens is 1. The van der Waals surface area contributed by atoms with Crippen molar-refractivity contribution in [3.63, 3.8) is 0 Å². The van der Waals surface area contributed by atoms with Crippen molar-refractivity contribution < 1.29 is 9.59 Å². The Kier molecular flexibility index (Phi) is 5.09. The number of thiazole rings is 1. The Morgan fingerprint density at radius 2 is 1.96 bits per heavy atom. The third kappa shape index (κ3) is 3.55. The lowest BCUT2D eigenvalue weighted by molar-refractivity contribution is -0.136. The van der Waals surface area contributed by atoms with E-state index >= 15 is 0 Å². The van der Waals surface area contributed by atoms with E-state index in [1.54, 1.807) is 0 Å². The first-order chi connectivity index (χ1) is 12.6. The lowest BCUT2D eigenvalue weighted by Crippen LogP contribution is -2.39. The highest BCUT2D eigenvalue weighted by atomic mass is 35.5. The summed E-state index contributed by atoms with van der Waals surface area (Å²) in [7, 11) is 0. The first-order valence-electron chi connectivity index (χ1n) is 9.11. The van der Waals surface area contributed by atoms with E-state index in [0.717, 1.165) is 24.8 Å². The van der Waals surface area contributed by atoms with E-state index < -0.39 is 0 Å². The van der Waals surface area contributed by atoms with Crippen LogP contribution >= 0.6 is 22.9 Å². The number of carbonyl (C=O) groups is 2. The average molecular weight is 389 g/mol. The van der Waals surface area contributed by atoms with Gasteiger partial charge in [0.1, 0.15) is 5.78 Å². The SMILES string of the molecule is O=C(N=c1sccn1Cc1ccccc1Cl)C1CC2CCCC(C1)C2=O. The molecule has 4 nitrogen and oxygen atoms in total. The summed E-state index contributed by atoms with van der Waals surface area (Å²) >= 11 is 7.70. The second kappa shape index (κ2) is 7.49. The van der Waals surface area contributed by atoms with Crippen LogP contribution in [-0.4, -0.2) is 16.3 Å². The van der Waals surface area contributed by atoms with Gasteiger partial charge in [0, 0.05) is 34.4 Å². The number of fused-ring (bicyclic) bond motifs is 2. The Bertz CT molecular complexity index is 885. The summed E-state index contributed by atoms with van der Waals surface area (Å²) in [5, 5.41) is 2.64. The van der Waals surface area contributed by atoms with Crippen LogP contribution in [0.2, 0.25) is 5.02 Å². The molecular formula is C20H21ClN2O2S. The van der Waals surface area contributed by atoms with Crippen LogP contribution in [0, 0.1) is 17.8 Å². The molecule has 0 radical (unpaired) electrons. The van der Waals surface area contributed by atoms with E-state index in [4.69, 9.17) is 11.6 Å². The molecular weight excluding hydrogens is 368 g/mol. The highest BCUT2D eigenvalue weighted by molar-refractivity contribution is 7.07. The zero-order chi connectivity index (χ0) is 18.1. The average Bonchev–Trinajstić information content (AvgIpc) is 3.03. The zero-order valence-electron chi connectivity index (χ0n) is 14.4. The number of amides is 1. The van der Waals surface area contributed by atoms with Crippen LogP contribution in [0.15, 0.2) is 40.8 Å². The molecule has 2 fully saturated rings. The van der Waals surface area contributed by atoms with Crippen molar-refractivity contribution in [2.24, 2.45) is 22.7 Å². The van der Waals surface area contributed by atoms with Gasteiger partial charge in [-0.2, -0.15) is 4.99 Å². The van der Waals surface area contributed by atoms with Crippen LogP contribution in [0.5, 0.6) is 0 Å². The minimum Gasteiger partial charge on any atom is -0.319 e. The predicted octanol–water partition coefficient (Wildman–Crippen LogP) is 4.07. The van der Waals surface area contributed by atoms with E-state index in [-0.39, 0.29) is 23.7 Å². The molecule has 2 aliphatic rings. The normalized spacial score (nSPS) is 26.1. The number of aromatic nitrogens is 1. The minimum atomic E-state index is -0.112. The maximum atomic E-state index is 12.8. The van der Waals surface area contributed by atoms with Gasteiger partial charge in [-0.25, -0.2) is 0 Å². The fourth-order valence-electron chi connectivity index (χ4n) is 4.18. The molecule has 2 saturated carbocycles. The van der Waals surface area contributed by atoms with Crippen molar-refractivity contribution in [1.82, 2.24) is 4.57 Å². The molecule has 2 atom stereocenters. The molecule has 2 aliphatic carbocycles. The summed E-state index contributed by atoms with van der Waals surface area (Å²) in [6.45, 7) is 0.587. The highest BCUT2D eigenvalue weighted by Crippen LogP contribution is 2.40. The summed E-state index contributed by atoms with van der Waals surface area (Å²) in [4.78, 5) is 30.1. The van der Waals surface area contributed by atoms with E-state index in [2.05, 4.69) is 4.99 Å². The van der Waals surface area contributed by atoms with Crippen LogP contribution in [0.4, 0.5) is 0 Å². The van der Waals surface area contributed by atoms with Crippen LogP contribution in [0.3, 0.4) is 0 Å². The maximum Gasteiger partial charge on any atom is 0.251 e. The van der Waals surface area contributed by atoms with Crippen molar-refractivity contribution in [3.05, 3.63) is 51.2 Å². The Hall–Kier alpha value is -1.72. The molecule has 2 bridgehead atoms. The smallest absolute Gasteiger partial charge is 0.251 e. The van der Waals surface area contributed by atoms with Crippen LogP contribution < -0.4 is 4.80 Å². The molecule has 1 heterocycles. The Balaban J connectivity index is 1.54. The van der Waals surface area contributed by atoms with Gasteiger partial charge in [0.25, 0.3) is 5.91 Å². The van der Waals surface area contributed by atoms with Gasteiger partial charge in [-0.05, 0) is 37.3 Å². The number of nitrogens with zero attached hydrogens (tertiary/aromatic N) is 2. The van der Waals surface area contributed by atoms with Crippen molar-refractivity contribution >= 4 is 34.6 Å². The van der Waals surface area contributed by atoms with Crippen molar-refractivity contribution in [2.45, 2.75) is 38.6 Å². The molecule has 2 aromatic rings. The molecule has 6 heteroatoms. The first-order valence-corrected chi connectivity index (χ1v) is 10.4. The molecule has 2 unspecified atom stereocenters. The molecule has 0 N–H and O–H groups in total. The highest BCUT2D eigenvalue weighted by Gasteiger charge is 2.41. The number of carbonyl (C=O) groups excluding carboxylic acids is 2. The molecule has 26 heavy (non-hydrogen) atoms. The number of benzene rings is 1. The number of hydrogen-bond donors (Lipinski definition) is 0. The first kappa shape index (κ1) is 17.7. The Morgan fingerprint density at radius 3 is 2.69 bits per heavy atom. The van der Waals surface area contributed by atoms with Gasteiger partial charge in [-0.15, -0.1) is 11.3 Å². The third-order valence-electron chi connectivity index (χ3n) is 5.56. The lowest BCUT2D eigenvalue weighted by atomic mass is 9.67. The van der Waals surface area contributed by atoms with Crippen LogP contribution in [-0.2, 0) is 16.1 Å². The number of ketones is 1. The van der Waals surface area contributed by atoms with Gasteiger partial charge in [0.2, 0.25) is 0 Å². The van der Waals surface area contributed by atoms with Gasteiger partial charge in [-0.1, -0.05) is 36.2 Å². The Labute approximate surface area is 161 Å². The van der Waals surface area contributed by atoms with E-state index in [9.17, 15) is 9.59 Å². The maximum absolute atomic E-state index is 12.8. The van der Waals surface area contributed by atoms with E-state index in [0.29, 0.717) is 35.0 Å². The molecule has 136 valence electrons. The van der Waals surface area contributed by atoms with Gasteiger partial charge in [0.15, 0.2) is 4.80 Å². The molecule has 1 amide bonds. The number of rotatable bonds is 3. The predicted molar refractivity (Wildman–Crippen MR) is 102 cm³/mol. The van der Waals surface area contributed by atoms with Crippen molar-refractivity contribution in [1.29, 1.82) is 0 Å². The topological polar surface area (TPSA) is 51.4 Å². The molecule has 1 aromatic heterocycles. The quantitative estimate of drug-likeness (QED) is 0.795. The van der Waals surface area contributed by atoms with Crippen molar-refractivity contribution in [2.75, 3.05) is 0 Å². The molecule has 1 aromatic carbocycles. The molecule has 0 aliphatic heterocycles. The lowest BCUT2D eigenvalue weighted by Gasteiger charge is -2.36. The second-order valence-electron chi connectivity index (χ2n) is 7.25. The second-order valence-corrected chi connectivity index (χ2v) is 8.53. The summed E-state index contributed by atoms with van der Waals surface area (Å²) in [5.74, 6) is 0.337. The molecule has 0 saturated heterocycles. The van der Waals surface area contributed by atoms with E-state index in [1.165, 1.54) is 11.3 Å². The summed E-state index contributed by atoms with van der Waals surface area (Å²) in [6.07, 6.45) is 6.26. The van der Waals surface area contributed by atoms with Crippen molar-refractivity contribution in [3.8, 4) is 0 Å². The molecule has 4 rings (SSSR count). The largest absolute Gasteiger partial charge is 0.319 e. The van der Waals surface area contributed by atoms with Gasteiger partial charge in [-0.3, -0.25) is 9.59 Å². The Morgan fingerprint density at radius 1 is 1.23 bits per heavy atom. The van der Waals surface area contributed by atoms with Crippen LogP contribution in [0.25, 0.3) is 0 Å². The summed E-state index contributed by atoms with van der Waals surface area (Å²) < 4.78 is 1.96. The minimum absolute atomic E-state index is 0.0743. The monoisotopic (exact) mass is 388 g/mol. The molecule has 0 spiro atoms. The van der Waals surface area contributed by atoms with Gasteiger partial charge < -0.3 is 4.57 Å². The van der Waals surface area contributed by atoms with Crippen LogP contribution in [0.1, 0.15) is 37.7 Å². The summed E-state index contributed by atoms with van der Waals surface area (Å²) in [5.41, 5.74) is 0.999. The van der Waals surface area contributed by atoms with Gasteiger partial charge in [0.05, 0.1) is 6.54 Å². The fourth-order valence-corrected chi connectivity index (χ4v) is 5.11. The third-order valence-corrected chi connectivity index (χ3v) is 6.72. The zero-order valence-corrected chi connectivity index (χ0v) is 16.0.